The maximum atomic E-state index is 2.79. The lowest BCUT2D eigenvalue weighted by Gasteiger charge is -2.45. The fourth-order valence-corrected chi connectivity index (χ4v) is 23.3. The highest BCUT2D eigenvalue weighted by molar-refractivity contribution is 6.99. The van der Waals surface area contributed by atoms with E-state index in [1.165, 1.54) is 153 Å². The van der Waals surface area contributed by atoms with Crippen LogP contribution in [0.3, 0.4) is 0 Å². The fourth-order valence-electron chi connectivity index (χ4n) is 23.3. The summed E-state index contributed by atoms with van der Waals surface area (Å²) in [5, 5.41) is 7.49. The van der Waals surface area contributed by atoms with Crippen molar-refractivity contribution in [3.63, 3.8) is 0 Å². The minimum absolute atomic E-state index is 0.0451. The molecule has 2 aliphatic rings. The number of para-hydroxylation sites is 4. The Bertz CT molecular complexity index is 8480. The van der Waals surface area contributed by atoms with Crippen molar-refractivity contribution in [2.45, 2.75) is 58.3 Å². The van der Waals surface area contributed by atoms with Crippen molar-refractivity contribution in [2.75, 3.05) is 4.90 Å². The molecule has 24 rings (SSSR count). The van der Waals surface area contributed by atoms with E-state index < -0.39 is 5.92 Å². The van der Waals surface area contributed by atoms with E-state index in [4.69, 9.17) is 0 Å². The minimum atomic E-state index is -0.439. The second-order valence-corrected chi connectivity index (χ2v) is 40.4. The summed E-state index contributed by atoms with van der Waals surface area (Å²) in [5.41, 5.74) is 52.9. The van der Waals surface area contributed by atoms with Crippen LogP contribution in [0.5, 0.6) is 0 Å². The quantitative estimate of drug-likeness (QED) is 0.105. The van der Waals surface area contributed by atoms with Gasteiger partial charge in [0.25, 0.3) is 0 Å². The molecule has 0 N–H and O–H groups in total. The molecule has 3 aromatic heterocycles. The standard InChI is InChI=1S/C123H99B9N4/c1-122(2,3)83-52-45-71(46-53-83)80-63-90(73-29-13-7-14-30-73)106(91(64-80)74-31-15-8-16-32-74)107-96-70-87(135-120-108(110(124)112(126)114(128)116(120)130)109-111(125)113(127)115(129)117(131)121(109)135)56-58-98(96)132-99-57-49-79(77-50-59-102-94(61-77)88-41-25-27-43-100(88)133(102)85-37-21-11-22-38-85)68-104(99)136(105-69-82(67-97(107)118(105)132)78-51-60-103-95(62-78)89-42-26-28-44-101(89)134(103)86-39-23-12-24-40-86)119-92(75-33-17-9-18-34-75)65-81(66-93(119)76-35-19-10-20-36-76)72-47-54-84(55-48-72)123(4,5)6/h7-70,107H,124-131H2,1-6H3. The lowest BCUT2D eigenvalue weighted by atomic mass is 9.31. The third-order valence-corrected chi connectivity index (χ3v) is 30.9. The Hall–Kier alpha value is -15.0. The van der Waals surface area contributed by atoms with Crippen molar-refractivity contribution >= 4 is 212 Å². The molecule has 13 heteroatoms. The smallest absolute Gasteiger partial charge is 0.247 e. The van der Waals surface area contributed by atoms with Crippen LogP contribution in [0.25, 0.3) is 171 Å². The first-order valence-corrected chi connectivity index (χ1v) is 48.3. The van der Waals surface area contributed by atoms with Crippen molar-refractivity contribution in [3.8, 4) is 106 Å². The number of nitrogens with zero attached hydrogens (tertiary/aromatic N) is 4. The molecule has 0 aliphatic carbocycles. The van der Waals surface area contributed by atoms with Crippen molar-refractivity contribution in [1.29, 1.82) is 0 Å². The Labute approximate surface area is 805 Å². The maximum absolute atomic E-state index is 2.79. The van der Waals surface area contributed by atoms with Gasteiger partial charge in [-0.3, -0.25) is 0 Å². The predicted octanol–water partition coefficient (Wildman–Crippen LogP) is 16.8. The van der Waals surface area contributed by atoms with Gasteiger partial charge in [-0.25, -0.2) is 0 Å². The maximum Gasteiger partial charge on any atom is 0.247 e. The molecule has 1 unspecified atom stereocenters. The molecule has 2 aliphatic heterocycles. The van der Waals surface area contributed by atoms with E-state index >= 15 is 0 Å². The zero-order valence-corrected chi connectivity index (χ0v) is 79.9. The van der Waals surface area contributed by atoms with E-state index in [0.29, 0.717) is 0 Å². The van der Waals surface area contributed by atoms with E-state index in [-0.39, 0.29) is 17.5 Å². The normalized spacial score (nSPS) is 13.1. The summed E-state index contributed by atoms with van der Waals surface area (Å²) in [5.74, 6) is -0.439. The largest absolute Gasteiger partial charge is 0.310 e. The van der Waals surface area contributed by atoms with E-state index in [1.807, 2.05) is 0 Å². The monoisotopic (exact) mass is 1730 g/mol. The molecular weight excluding hydrogens is 1630 g/mol. The first-order chi connectivity index (χ1) is 66.1. The summed E-state index contributed by atoms with van der Waals surface area (Å²) in [7, 11) is 18.9. The third kappa shape index (κ3) is 13.4. The second-order valence-electron chi connectivity index (χ2n) is 40.4. The fraction of sp³-hybridized carbons (Fsp3) is 0.0732. The average molecular weight is 1730 g/mol. The summed E-state index contributed by atoms with van der Waals surface area (Å²) >= 11 is 0. The van der Waals surface area contributed by atoms with Crippen LogP contribution in [-0.4, -0.2) is 83.2 Å². The first-order valence-electron chi connectivity index (χ1n) is 48.3. The van der Waals surface area contributed by atoms with Gasteiger partial charge in [0.2, 0.25) is 6.71 Å². The predicted molar refractivity (Wildman–Crippen MR) is 609 cm³/mol. The molecule has 22 aromatic rings. The van der Waals surface area contributed by atoms with Crippen LogP contribution < -0.4 is 65.0 Å². The molecule has 1 atom stereocenters. The molecule has 0 saturated carbocycles. The highest BCUT2D eigenvalue weighted by atomic mass is 15.2. The van der Waals surface area contributed by atoms with Crippen LogP contribution in [-0.2, 0) is 10.8 Å². The van der Waals surface area contributed by atoms with Gasteiger partial charge >= 0.3 is 0 Å². The van der Waals surface area contributed by atoms with Crippen LogP contribution in [0, 0.1) is 0 Å². The van der Waals surface area contributed by atoms with Crippen LogP contribution in [0.2, 0.25) is 0 Å². The van der Waals surface area contributed by atoms with Crippen molar-refractivity contribution in [2.24, 2.45) is 0 Å². The van der Waals surface area contributed by atoms with E-state index in [0.717, 1.165) is 123 Å². The van der Waals surface area contributed by atoms with Crippen molar-refractivity contribution in [1.82, 2.24) is 13.7 Å². The first kappa shape index (κ1) is 84.0. The molecule has 4 nitrogen and oxygen atoms in total. The molecule has 0 fully saturated rings. The number of hydrogen-bond donors (Lipinski definition) is 0. The molecular formula is C123H99B9N4. The lowest BCUT2D eigenvalue weighted by molar-refractivity contribution is 0.590. The Balaban J connectivity index is 0.890. The highest BCUT2D eigenvalue weighted by Crippen LogP contribution is 2.56. The zero-order valence-electron chi connectivity index (χ0n) is 79.9. The van der Waals surface area contributed by atoms with Gasteiger partial charge in [-0.15, -0.1) is 10.9 Å². The molecule has 0 radical (unpaired) electrons. The number of hydrogen-bond acceptors (Lipinski definition) is 1. The van der Waals surface area contributed by atoms with E-state index in [9.17, 15) is 0 Å². The Morgan fingerprint density at radius 1 is 0.243 bits per heavy atom. The number of rotatable bonds is 13. The summed E-state index contributed by atoms with van der Waals surface area (Å²) in [6.07, 6.45) is 0. The highest BCUT2D eigenvalue weighted by Gasteiger charge is 2.47. The number of benzene rings is 19. The summed E-state index contributed by atoms with van der Waals surface area (Å²) < 4.78 is 7.62. The van der Waals surface area contributed by atoms with Gasteiger partial charge in [-0.2, -0.15) is 0 Å². The number of aromatic nitrogens is 3. The Morgan fingerprint density at radius 2 is 0.596 bits per heavy atom. The second kappa shape index (κ2) is 32.4. The molecule has 0 spiro atoms. The number of anilines is 3. The number of fused-ring (bicyclic) bond motifs is 13. The minimum Gasteiger partial charge on any atom is -0.310 e. The summed E-state index contributed by atoms with van der Waals surface area (Å²) in [6, 6.07) is 150. The molecule has 638 valence electrons. The van der Waals surface area contributed by atoms with Crippen LogP contribution in [0.4, 0.5) is 17.1 Å². The molecule has 19 aromatic carbocycles. The van der Waals surface area contributed by atoms with Crippen LogP contribution in [0.15, 0.2) is 388 Å². The summed E-state index contributed by atoms with van der Waals surface area (Å²) in [6.45, 7) is 13.6. The van der Waals surface area contributed by atoms with Crippen molar-refractivity contribution < 1.29 is 0 Å². The Kier molecular flexibility index (Phi) is 20.0. The topological polar surface area (TPSA) is 18.0 Å². The molecule has 0 amide bonds. The third-order valence-electron chi connectivity index (χ3n) is 30.9. The molecule has 136 heavy (non-hydrogen) atoms. The SMILES string of the molecule is Bc1c(B)c(B)c2c(c1B)c1c(B)c(B)c(B)c(B)c1n2-c1ccc2c(c1)C(c1c(-c3ccccc3)cc(-c3ccc(C(C)(C)C)cc3)cc1-c1ccccc1)c1cc(-c3ccc4c(c3)c3ccccc3n4-c3ccccc3)cc3c1B2c1ccc(-c2ccc4c(c2)c2ccccc2n4-c2ccccc2)cc1N3c1c(-c2ccccc2)cc(-c2ccc(C(C)(C)C)cc2)cc1-c1ccccc1. The van der Waals surface area contributed by atoms with E-state index in [1.54, 1.807) is 0 Å². The van der Waals surface area contributed by atoms with Crippen molar-refractivity contribution in [3.05, 3.63) is 416 Å². The van der Waals surface area contributed by atoms with E-state index in [2.05, 4.69) is 511 Å². The van der Waals surface area contributed by atoms with Gasteiger partial charge < -0.3 is 18.6 Å². The summed E-state index contributed by atoms with van der Waals surface area (Å²) in [4.78, 5) is 2.79. The van der Waals surface area contributed by atoms with Gasteiger partial charge in [0.1, 0.15) is 62.8 Å². The average Bonchev–Trinajstić information content (AvgIpc) is 1.22. The Morgan fingerprint density at radius 3 is 1.04 bits per heavy atom. The van der Waals surface area contributed by atoms with Gasteiger partial charge in [0.05, 0.1) is 27.8 Å². The van der Waals surface area contributed by atoms with Gasteiger partial charge in [0, 0.05) is 78.1 Å². The molecule has 0 bridgehead atoms. The molecule has 5 heterocycles. The zero-order chi connectivity index (χ0) is 92.6. The lowest BCUT2D eigenvalue weighted by Crippen LogP contribution is -2.62. The van der Waals surface area contributed by atoms with Crippen LogP contribution >= 0.6 is 0 Å². The van der Waals surface area contributed by atoms with Gasteiger partial charge in [-0.1, -0.05) is 359 Å². The van der Waals surface area contributed by atoms with Gasteiger partial charge in [0.15, 0.2) is 0 Å². The van der Waals surface area contributed by atoms with Gasteiger partial charge in [-0.05, 0) is 247 Å². The van der Waals surface area contributed by atoms with Crippen LogP contribution in [0.1, 0.15) is 75.3 Å². The molecule has 0 saturated heterocycles.